The SMILES string of the molecule is COc1ccc(C(=O)NC2CCN(CC3CCCCC3)CC2)c(OC)c1OC. The molecule has 1 saturated carbocycles. The molecule has 1 aromatic carbocycles. The highest BCUT2D eigenvalue weighted by Crippen LogP contribution is 2.39. The summed E-state index contributed by atoms with van der Waals surface area (Å²) < 4.78 is 16.1. The van der Waals surface area contributed by atoms with E-state index in [1.54, 1.807) is 26.4 Å². The number of ether oxygens (including phenoxy) is 3. The number of hydrogen-bond acceptors (Lipinski definition) is 5. The van der Waals surface area contributed by atoms with E-state index < -0.39 is 0 Å². The molecule has 3 rings (SSSR count). The number of piperidine rings is 1. The van der Waals surface area contributed by atoms with Gasteiger partial charge in [-0.3, -0.25) is 4.79 Å². The summed E-state index contributed by atoms with van der Waals surface area (Å²) in [6, 6.07) is 3.67. The predicted octanol–water partition coefficient (Wildman–Crippen LogP) is 3.49. The molecule has 0 bridgehead atoms. The van der Waals surface area contributed by atoms with Gasteiger partial charge in [-0.2, -0.15) is 0 Å². The number of rotatable bonds is 7. The maximum absolute atomic E-state index is 12.9. The Bertz CT molecular complexity index is 650. The van der Waals surface area contributed by atoms with E-state index >= 15 is 0 Å². The van der Waals surface area contributed by atoms with Crippen molar-refractivity contribution in [2.45, 2.75) is 51.0 Å². The number of carbonyl (C=O) groups is 1. The Morgan fingerprint density at radius 3 is 2.25 bits per heavy atom. The molecular formula is C22H34N2O4. The Kier molecular flexibility index (Phi) is 7.43. The number of nitrogens with one attached hydrogen (secondary N) is 1. The highest BCUT2D eigenvalue weighted by molar-refractivity contribution is 5.98. The second-order valence-electron chi connectivity index (χ2n) is 7.93. The third-order valence-corrected chi connectivity index (χ3v) is 6.11. The van der Waals surface area contributed by atoms with Gasteiger partial charge in [0.15, 0.2) is 11.5 Å². The Labute approximate surface area is 168 Å². The number of hydrogen-bond donors (Lipinski definition) is 1. The number of amides is 1. The summed E-state index contributed by atoms with van der Waals surface area (Å²) in [7, 11) is 4.65. The van der Waals surface area contributed by atoms with E-state index in [4.69, 9.17) is 14.2 Å². The van der Waals surface area contributed by atoms with E-state index in [1.807, 2.05) is 0 Å². The maximum atomic E-state index is 12.9. The zero-order valence-corrected chi connectivity index (χ0v) is 17.5. The van der Waals surface area contributed by atoms with Crippen LogP contribution in [0, 0.1) is 5.92 Å². The molecule has 1 heterocycles. The Hall–Kier alpha value is -1.95. The van der Waals surface area contributed by atoms with Crippen molar-refractivity contribution >= 4 is 5.91 Å². The van der Waals surface area contributed by atoms with Crippen LogP contribution in [0.3, 0.4) is 0 Å². The van der Waals surface area contributed by atoms with Crippen LogP contribution in [-0.2, 0) is 0 Å². The number of carbonyl (C=O) groups excluding carboxylic acids is 1. The molecule has 0 spiro atoms. The molecular weight excluding hydrogens is 356 g/mol. The molecule has 6 nitrogen and oxygen atoms in total. The summed E-state index contributed by atoms with van der Waals surface area (Å²) in [5.41, 5.74) is 0.477. The highest BCUT2D eigenvalue weighted by atomic mass is 16.5. The summed E-state index contributed by atoms with van der Waals surface area (Å²) in [5, 5.41) is 3.18. The molecule has 0 radical (unpaired) electrons. The molecule has 1 aliphatic heterocycles. The van der Waals surface area contributed by atoms with Crippen LogP contribution in [0.2, 0.25) is 0 Å². The number of methoxy groups -OCH3 is 3. The van der Waals surface area contributed by atoms with Gasteiger partial charge in [0.1, 0.15) is 0 Å². The maximum Gasteiger partial charge on any atom is 0.255 e. The van der Waals surface area contributed by atoms with Gasteiger partial charge in [-0.05, 0) is 43.7 Å². The van der Waals surface area contributed by atoms with Crippen LogP contribution in [0.25, 0.3) is 0 Å². The fraction of sp³-hybridized carbons (Fsp3) is 0.682. The van der Waals surface area contributed by atoms with Crippen molar-refractivity contribution in [3.63, 3.8) is 0 Å². The van der Waals surface area contributed by atoms with Gasteiger partial charge in [-0.15, -0.1) is 0 Å². The Balaban J connectivity index is 1.55. The van der Waals surface area contributed by atoms with Crippen LogP contribution in [0.5, 0.6) is 17.2 Å². The van der Waals surface area contributed by atoms with Gasteiger partial charge in [-0.25, -0.2) is 0 Å². The fourth-order valence-electron chi connectivity index (χ4n) is 4.54. The monoisotopic (exact) mass is 390 g/mol. The Morgan fingerprint density at radius 2 is 1.64 bits per heavy atom. The first kappa shape index (κ1) is 20.8. The largest absolute Gasteiger partial charge is 0.493 e. The minimum Gasteiger partial charge on any atom is -0.493 e. The van der Waals surface area contributed by atoms with Crippen LogP contribution >= 0.6 is 0 Å². The molecule has 1 N–H and O–H groups in total. The van der Waals surface area contributed by atoms with Gasteiger partial charge in [0, 0.05) is 25.7 Å². The molecule has 2 aliphatic rings. The second-order valence-corrected chi connectivity index (χ2v) is 7.93. The fourth-order valence-corrected chi connectivity index (χ4v) is 4.54. The van der Waals surface area contributed by atoms with Crippen LogP contribution in [0.4, 0.5) is 0 Å². The molecule has 0 atom stereocenters. The summed E-state index contributed by atoms with van der Waals surface area (Å²) >= 11 is 0. The average Bonchev–Trinajstić information content (AvgIpc) is 2.74. The number of benzene rings is 1. The van der Waals surface area contributed by atoms with Crippen LogP contribution in [-0.4, -0.2) is 57.8 Å². The minimum absolute atomic E-state index is 0.122. The molecule has 6 heteroatoms. The van der Waals surface area contributed by atoms with Crippen molar-refractivity contribution in [3.8, 4) is 17.2 Å². The standard InChI is InChI=1S/C22H34N2O4/c1-26-19-10-9-18(20(27-2)21(19)28-3)22(25)23-17-11-13-24(14-12-17)15-16-7-5-4-6-8-16/h9-10,16-17H,4-8,11-15H2,1-3H3,(H,23,25). The first-order valence-electron chi connectivity index (χ1n) is 10.5. The van der Waals surface area contributed by atoms with Crippen LogP contribution in [0.1, 0.15) is 55.3 Å². The zero-order chi connectivity index (χ0) is 19.9. The molecule has 2 fully saturated rings. The van der Waals surface area contributed by atoms with Gasteiger partial charge in [0.2, 0.25) is 5.75 Å². The molecule has 28 heavy (non-hydrogen) atoms. The first-order valence-corrected chi connectivity index (χ1v) is 10.5. The van der Waals surface area contributed by atoms with Crippen molar-refractivity contribution in [1.29, 1.82) is 0 Å². The van der Waals surface area contributed by atoms with Crippen molar-refractivity contribution < 1.29 is 19.0 Å². The van der Waals surface area contributed by atoms with Gasteiger partial charge in [-0.1, -0.05) is 19.3 Å². The molecule has 0 aromatic heterocycles. The Morgan fingerprint density at radius 1 is 0.964 bits per heavy atom. The van der Waals surface area contributed by atoms with Gasteiger partial charge < -0.3 is 24.4 Å². The normalized spacial score (nSPS) is 19.2. The lowest BCUT2D eigenvalue weighted by Crippen LogP contribution is -2.46. The molecule has 156 valence electrons. The summed E-state index contributed by atoms with van der Waals surface area (Å²) in [5.74, 6) is 2.15. The predicted molar refractivity (Wildman–Crippen MR) is 110 cm³/mol. The summed E-state index contributed by atoms with van der Waals surface area (Å²) in [4.78, 5) is 15.4. The first-order chi connectivity index (χ1) is 13.7. The smallest absolute Gasteiger partial charge is 0.255 e. The third kappa shape index (κ3) is 4.90. The summed E-state index contributed by atoms with van der Waals surface area (Å²) in [6.45, 7) is 3.35. The number of likely N-dealkylation sites (tertiary alicyclic amines) is 1. The van der Waals surface area contributed by atoms with E-state index in [1.165, 1.54) is 45.8 Å². The molecule has 1 aromatic rings. The topological polar surface area (TPSA) is 60.0 Å². The zero-order valence-electron chi connectivity index (χ0n) is 17.5. The van der Waals surface area contributed by atoms with E-state index in [-0.39, 0.29) is 11.9 Å². The van der Waals surface area contributed by atoms with Crippen molar-refractivity contribution in [2.24, 2.45) is 5.92 Å². The third-order valence-electron chi connectivity index (χ3n) is 6.11. The minimum atomic E-state index is -0.122. The summed E-state index contributed by atoms with van der Waals surface area (Å²) in [6.07, 6.45) is 8.95. The van der Waals surface area contributed by atoms with E-state index in [0.29, 0.717) is 22.8 Å². The average molecular weight is 391 g/mol. The van der Waals surface area contributed by atoms with Gasteiger partial charge in [0.25, 0.3) is 5.91 Å². The van der Waals surface area contributed by atoms with E-state index in [2.05, 4.69) is 10.2 Å². The van der Waals surface area contributed by atoms with Crippen molar-refractivity contribution in [3.05, 3.63) is 17.7 Å². The van der Waals surface area contributed by atoms with E-state index in [9.17, 15) is 4.79 Å². The van der Waals surface area contributed by atoms with Crippen molar-refractivity contribution in [1.82, 2.24) is 10.2 Å². The van der Waals surface area contributed by atoms with Crippen molar-refractivity contribution in [2.75, 3.05) is 41.0 Å². The lowest BCUT2D eigenvalue weighted by Gasteiger charge is -2.35. The van der Waals surface area contributed by atoms with Crippen LogP contribution in [0.15, 0.2) is 12.1 Å². The lowest BCUT2D eigenvalue weighted by atomic mass is 9.88. The molecule has 0 unspecified atom stereocenters. The van der Waals surface area contributed by atoms with Crippen LogP contribution < -0.4 is 19.5 Å². The molecule has 1 saturated heterocycles. The highest BCUT2D eigenvalue weighted by Gasteiger charge is 2.26. The number of nitrogens with zero attached hydrogens (tertiary/aromatic N) is 1. The molecule has 1 amide bonds. The van der Waals surface area contributed by atoms with E-state index in [0.717, 1.165) is 31.8 Å². The second kappa shape index (κ2) is 10.0. The lowest BCUT2D eigenvalue weighted by molar-refractivity contribution is 0.0898. The quantitative estimate of drug-likeness (QED) is 0.772. The molecule has 1 aliphatic carbocycles. The van der Waals surface area contributed by atoms with Gasteiger partial charge >= 0.3 is 0 Å². The van der Waals surface area contributed by atoms with Gasteiger partial charge in [0.05, 0.1) is 26.9 Å².